The van der Waals surface area contributed by atoms with Crippen LogP contribution in [0.2, 0.25) is 0 Å². The number of amides is 1. The molecule has 0 aliphatic heterocycles. The number of alkyl halides is 1. The lowest BCUT2D eigenvalue weighted by molar-refractivity contribution is -0.141. The zero-order valence-corrected chi connectivity index (χ0v) is 20.7. The van der Waals surface area contributed by atoms with E-state index in [1.807, 2.05) is 61.9 Å². The van der Waals surface area contributed by atoms with Gasteiger partial charge in [0.1, 0.15) is 24.4 Å². The van der Waals surface area contributed by atoms with Gasteiger partial charge in [0, 0.05) is 32.0 Å². The maximum absolute atomic E-state index is 14.6. The van der Waals surface area contributed by atoms with Crippen LogP contribution in [-0.4, -0.2) is 53.3 Å². The number of hydrogen-bond donors (Lipinski definition) is 1. The average Bonchev–Trinajstić information content (AvgIpc) is 3.22. The smallest absolute Gasteiger partial charge is 0.249 e. The molecule has 188 valence electrons. The van der Waals surface area contributed by atoms with Crippen molar-refractivity contribution in [3.05, 3.63) is 78.0 Å². The summed E-state index contributed by atoms with van der Waals surface area (Å²) in [6.45, 7) is 5.80. The highest BCUT2D eigenvalue weighted by molar-refractivity contribution is 5.78. The molecule has 0 radical (unpaired) electrons. The van der Waals surface area contributed by atoms with Crippen LogP contribution in [0.5, 0.6) is 0 Å². The molecule has 2 N–H and O–H groups in total. The maximum Gasteiger partial charge on any atom is 0.249 e. The van der Waals surface area contributed by atoms with Crippen molar-refractivity contribution in [2.75, 3.05) is 26.8 Å². The van der Waals surface area contributed by atoms with Gasteiger partial charge in [-0.25, -0.2) is 13.8 Å². The molecular formula is C27H34F2N4O2. The van der Waals surface area contributed by atoms with Crippen molar-refractivity contribution in [1.82, 2.24) is 14.5 Å². The highest BCUT2D eigenvalue weighted by Crippen LogP contribution is 2.39. The standard InChI is InChI=1S/C27H34F2N4O2/c1-27(2,3)25(33(16-22(29)14-30)24(34)18-35-4)26-31-23(20-8-6-5-7-9-20)17-32(26)15-19-10-12-21(28)13-11-19/h5-13,17,22,25H,14-16,18,30H2,1-4H3/t22?,25-/m0/s1. The summed E-state index contributed by atoms with van der Waals surface area (Å²) in [5.74, 6) is -0.0558. The van der Waals surface area contributed by atoms with Gasteiger partial charge in [-0.2, -0.15) is 0 Å². The van der Waals surface area contributed by atoms with E-state index in [1.54, 1.807) is 12.1 Å². The Bertz CT molecular complexity index is 1090. The number of halogens is 2. The molecule has 2 aromatic carbocycles. The summed E-state index contributed by atoms with van der Waals surface area (Å²) in [6.07, 6.45) is 0.525. The highest BCUT2D eigenvalue weighted by atomic mass is 19.1. The summed E-state index contributed by atoms with van der Waals surface area (Å²) in [5, 5.41) is 0. The van der Waals surface area contributed by atoms with Crippen LogP contribution < -0.4 is 5.73 Å². The molecule has 0 saturated heterocycles. The predicted molar refractivity (Wildman–Crippen MR) is 133 cm³/mol. The number of benzene rings is 2. The zero-order valence-electron chi connectivity index (χ0n) is 20.7. The largest absolute Gasteiger partial charge is 0.375 e. The molecule has 0 bridgehead atoms. The molecule has 1 aromatic heterocycles. The molecular weight excluding hydrogens is 450 g/mol. The Morgan fingerprint density at radius 2 is 1.80 bits per heavy atom. The fourth-order valence-corrected chi connectivity index (χ4v) is 4.15. The van der Waals surface area contributed by atoms with Crippen LogP contribution in [0.3, 0.4) is 0 Å². The SMILES string of the molecule is COCC(=O)N(CC(F)CN)[C@@H](c1nc(-c2ccccc2)cn1Cc1ccc(F)cc1)C(C)(C)C. The van der Waals surface area contributed by atoms with Crippen LogP contribution in [0.4, 0.5) is 8.78 Å². The van der Waals surface area contributed by atoms with E-state index in [0.29, 0.717) is 12.4 Å². The van der Waals surface area contributed by atoms with Crippen molar-refractivity contribution in [1.29, 1.82) is 0 Å². The molecule has 0 saturated carbocycles. The van der Waals surface area contributed by atoms with Crippen LogP contribution in [0, 0.1) is 11.2 Å². The fraction of sp³-hybridized carbons (Fsp3) is 0.407. The lowest BCUT2D eigenvalue weighted by Crippen LogP contribution is -2.47. The minimum absolute atomic E-state index is 0.176. The van der Waals surface area contributed by atoms with Gasteiger partial charge in [-0.3, -0.25) is 4.79 Å². The summed E-state index contributed by atoms with van der Waals surface area (Å²) < 4.78 is 35.2. The summed E-state index contributed by atoms with van der Waals surface area (Å²) in [6, 6.07) is 15.4. The minimum Gasteiger partial charge on any atom is -0.375 e. The summed E-state index contributed by atoms with van der Waals surface area (Å²) in [4.78, 5) is 19.6. The molecule has 35 heavy (non-hydrogen) atoms. The molecule has 3 rings (SSSR count). The topological polar surface area (TPSA) is 73.4 Å². The first-order valence-corrected chi connectivity index (χ1v) is 11.6. The Labute approximate surface area is 205 Å². The van der Waals surface area contributed by atoms with Crippen molar-refractivity contribution < 1.29 is 18.3 Å². The Morgan fingerprint density at radius 3 is 2.37 bits per heavy atom. The van der Waals surface area contributed by atoms with Gasteiger partial charge < -0.3 is 19.9 Å². The molecule has 1 heterocycles. The number of aromatic nitrogens is 2. The van der Waals surface area contributed by atoms with E-state index in [-0.39, 0.29) is 31.4 Å². The third-order valence-corrected chi connectivity index (χ3v) is 5.76. The number of carbonyl (C=O) groups excluding carboxylic acids is 1. The summed E-state index contributed by atoms with van der Waals surface area (Å²) in [7, 11) is 1.43. The first-order valence-electron chi connectivity index (χ1n) is 11.6. The molecule has 3 aromatic rings. The monoisotopic (exact) mass is 484 g/mol. The van der Waals surface area contributed by atoms with E-state index in [2.05, 4.69) is 0 Å². The number of nitrogens with two attached hydrogens (primary N) is 1. The van der Waals surface area contributed by atoms with Crippen molar-refractivity contribution >= 4 is 5.91 Å². The second-order valence-electron chi connectivity index (χ2n) is 9.69. The Hall–Kier alpha value is -3.10. The van der Waals surface area contributed by atoms with Gasteiger partial charge in [-0.05, 0) is 23.1 Å². The molecule has 1 amide bonds. The van der Waals surface area contributed by atoms with Gasteiger partial charge in [0.15, 0.2) is 0 Å². The third-order valence-electron chi connectivity index (χ3n) is 5.76. The Morgan fingerprint density at radius 1 is 1.14 bits per heavy atom. The summed E-state index contributed by atoms with van der Waals surface area (Å²) >= 11 is 0. The normalized spacial score (nSPS) is 13.5. The van der Waals surface area contributed by atoms with Crippen molar-refractivity contribution in [2.45, 2.75) is 39.5 Å². The predicted octanol–water partition coefficient (Wildman–Crippen LogP) is 4.60. The van der Waals surface area contributed by atoms with E-state index in [4.69, 9.17) is 15.5 Å². The van der Waals surface area contributed by atoms with Gasteiger partial charge in [0.2, 0.25) is 5.91 Å². The number of rotatable bonds is 10. The van der Waals surface area contributed by atoms with E-state index < -0.39 is 17.6 Å². The van der Waals surface area contributed by atoms with E-state index in [1.165, 1.54) is 24.1 Å². The van der Waals surface area contributed by atoms with Crippen LogP contribution in [0.15, 0.2) is 60.8 Å². The van der Waals surface area contributed by atoms with E-state index >= 15 is 0 Å². The minimum atomic E-state index is -1.39. The quantitative estimate of drug-likeness (QED) is 0.457. The number of methoxy groups -OCH3 is 1. The lowest BCUT2D eigenvalue weighted by atomic mass is 9.84. The number of ether oxygens (including phenoxy) is 1. The second kappa shape index (κ2) is 11.6. The molecule has 0 aliphatic rings. The van der Waals surface area contributed by atoms with Crippen molar-refractivity contribution in [3.63, 3.8) is 0 Å². The van der Waals surface area contributed by atoms with Gasteiger partial charge in [0.25, 0.3) is 0 Å². The highest BCUT2D eigenvalue weighted by Gasteiger charge is 2.39. The maximum atomic E-state index is 14.6. The molecule has 1 unspecified atom stereocenters. The van der Waals surface area contributed by atoms with Gasteiger partial charge in [-0.15, -0.1) is 0 Å². The number of imidazole rings is 1. The van der Waals surface area contributed by atoms with E-state index in [9.17, 15) is 13.6 Å². The summed E-state index contributed by atoms with van der Waals surface area (Å²) in [5.41, 5.74) is 7.59. The van der Waals surface area contributed by atoms with Crippen molar-refractivity contribution in [3.8, 4) is 11.3 Å². The second-order valence-corrected chi connectivity index (χ2v) is 9.69. The van der Waals surface area contributed by atoms with Gasteiger partial charge >= 0.3 is 0 Å². The van der Waals surface area contributed by atoms with Crippen LogP contribution in [0.1, 0.15) is 38.2 Å². The lowest BCUT2D eigenvalue weighted by Gasteiger charge is -2.40. The van der Waals surface area contributed by atoms with E-state index in [0.717, 1.165) is 16.8 Å². The fourth-order valence-electron chi connectivity index (χ4n) is 4.15. The molecule has 0 spiro atoms. The van der Waals surface area contributed by atoms with Gasteiger partial charge in [0.05, 0.1) is 18.3 Å². The van der Waals surface area contributed by atoms with Crippen LogP contribution >= 0.6 is 0 Å². The van der Waals surface area contributed by atoms with Crippen LogP contribution in [-0.2, 0) is 16.1 Å². The molecule has 6 nitrogen and oxygen atoms in total. The molecule has 0 aliphatic carbocycles. The van der Waals surface area contributed by atoms with Crippen LogP contribution in [0.25, 0.3) is 11.3 Å². The number of nitrogens with zero attached hydrogens (tertiary/aromatic N) is 3. The Balaban J connectivity index is 2.16. The zero-order chi connectivity index (χ0) is 25.6. The Kier molecular flexibility index (Phi) is 8.75. The van der Waals surface area contributed by atoms with Crippen molar-refractivity contribution in [2.24, 2.45) is 11.1 Å². The number of hydrogen-bond acceptors (Lipinski definition) is 4. The third kappa shape index (κ3) is 6.74. The first-order chi connectivity index (χ1) is 16.6. The first kappa shape index (κ1) is 26.5. The van der Waals surface area contributed by atoms with Gasteiger partial charge in [-0.1, -0.05) is 63.2 Å². The molecule has 2 atom stereocenters. The number of carbonyl (C=O) groups is 1. The molecule has 8 heteroatoms. The molecule has 0 fully saturated rings. The average molecular weight is 485 g/mol.